The van der Waals surface area contributed by atoms with Gasteiger partial charge < -0.3 is 5.32 Å². The molecule has 0 heterocycles. The minimum Gasteiger partial charge on any atom is -0.316 e. The van der Waals surface area contributed by atoms with E-state index in [1.54, 1.807) is 11.1 Å². The van der Waals surface area contributed by atoms with Crippen LogP contribution in [0, 0.1) is 5.92 Å². The summed E-state index contributed by atoms with van der Waals surface area (Å²) in [6.45, 7) is 6.85. The fraction of sp³-hybridized carbons (Fsp3) is 0.625. The Bertz CT molecular complexity index is 357. The fourth-order valence-corrected chi connectivity index (χ4v) is 2.75. The molecule has 0 fully saturated rings. The summed E-state index contributed by atoms with van der Waals surface area (Å²) in [5.41, 5.74) is 4.72. The standard InChI is InChI=1S/C16H25N/c1-3-9-17-12-13(2)10-14-7-8-15-5-4-6-16(15)11-14/h7-8,11,13,17H,3-6,9-10,12H2,1-2H3. The maximum absolute atomic E-state index is 3.51. The second-order valence-electron chi connectivity index (χ2n) is 5.47. The molecule has 2 rings (SSSR count). The van der Waals surface area contributed by atoms with Crippen molar-refractivity contribution in [3.8, 4) is 0 Å². The lowest BCUT2D eigenvalue weighted by Gasteiger charge is -2.13. The molecule has 1 nitrogen and oxygen atoms in total. The Labute approximate surface area is 106 Å². The van der Waals surface area contributed by atoms with Crippen molar-refractivity contribution >= 4 is 0 Å². The monoisotopic (exact) mass is 231 g/mol. The molecule has 0 saturated carbocycles. The average Bonchev–Trinajstić information content (AvgIpc) is 2.76. The summed E-state index contributed by atoms with van der Waals surface area (Å²) in [5, 5.41) is 3.51. The Morgan fingerprint density at radius 1 is 1.24 bits per heavy atom. The van der Waals surface area contributed by atoms with Crippen molar-refractivity contribution in [2.45, 2.75) is 46.0 Å². The van der Waals surface area contributed by atoms with E-state index >= 15 is 0 Å². The molecule has 94 valence electrons. The minimum atomic E-state index is 0.737. The second kappa shape index (κ2) is 6.20. The molecule has 1 N–H and O–H groups in total. The van der Waals surface area contributed by atoms with Crippen LogP contribution in [-0.2, 0) is 19.3 Å². The van der Waals surface area contributed by atoms with Crippen LogP contribution in [0.25, 0.3) is 0 Å². The van der Waals surface area contributed by atoms with Gasteiger partial charge in [0.2, 0.25) is 0 Å². The lowest BCUT2D eigenvalue weighted by atomic mass is 9.98. The highest BCUT2D eigenvalue weighted by Crippen LogP contribution is 2.23. The molecule has 1 unspecified atom stereocenters. The number of fused-ring (bicyclic) bond motifs is 1. The molecule has 1 aliphatic rings. The SMILES string of the molecule is CCCNCC(C)Cc1ccc2c(c1)CCC2. The Morgan fingerprint density at radius 3 is 2.88 bits per heavy atom. The lowest BCUT2D eigenvalue weighted by molar-refractivity contribution is 0.510. The summed E-state index contributed by atoms with van der Waals surface area (Å²) >= 11 is 0. The van der Waals surface area contributed by atoms with Gasteiger partial charge in [-0.15, -0.1) is 0 Å². The third kappa shape index (κ3) is 3.57. The van der Waals surface area contributed by atoms with E-state index in [1.807, 2.05) is 0 Å². The van der Waals surface area contributed by atoms with Crippen LogP contribution in [0.15, 0.2) is 18.2 Å². The zero-order valence-electron chi connectivity index (χ0n) is 11.3. The largest absolute Gasteiger partial charge is 0.316 e. The van der Waals surface area contributed by atoms with E-state index in [-0.39, 0.29) is 0 Å². The van der Waals surface area contributed by atoms with Crippen molar-refractivity contribution in [1.82, 2.24) is 5.32 Å². The van der Waals surface area contributed by atoms with Crippen LogP contribution in [0.5, 0.6) is 0 Å². The first-order valence-electron chi connectivity index (χ1n) is 7.11. The topological polar surface area (TPSA) is 12.0 Å². The predicted octanol–water partition coefficient (Wildman–Crippen LogP) is 3.35. The molecule has 1 aromatic carbocycles. The Balaban J connectivity index is 1.86. The van der Waals surface area contributed by atoms with Gasteiger partial charge >= 0.3 is 0 Å². The number of rotatable bonds is 6. The number of hydrogen-bond donors (Lipinski definition) is 1. The quantitative estimate of drug-likeness (QED) is 0.740. The van der Waals surface area contributed by atoms with Crippen molar-refractivity contribution in [2.24, 2.45) is 5.92 Å². The molecule has 0 spiro atoms. The van der Waals surface area contributed by atoms with Crippen molar-refractivity contribution in [1.29, 1.82) is 0 Å². The van der Waals surface area contributed by atoms with E-state index in [1.165, 1.54) is 37.7 Å². The maximum Gasteiger partial charge on any atom is -0.00200 e. The van der Waals surface area contributed by atoms with Crippen molar-refractivity contribution in [2.75, 3.05) is 13.1 Å². The Hall–Kier alpha value is -0.820. The van der Waals surface area contributed by atoms with Gasteiger partial charge in [0, 0.05) is 0 Å². The third-order valence-corrected chi connectivity index (χ3v) is 3.67. The maximum atomic E-state index is 3.51. The van der Waals surface area contributed by atoms with Gasteiger partial charge in [-0.3, -0.25) is 0 Å². The summed E-state index contributed by atoms with van der Waals surface area (Å²) in [6, 6.07) is 7.13. The average molecular weight is 231 g/mol. The third-order valence-electron chi connectivity index (χ3n) is 3.67. The fourth-order valence-electron chi connectivity index (χ4n) is 2.75. The molecule has 0 aliphatic heterocycles. The number of aryl methyl sites for hydroxylation is 2. The molecule has 0 radical (unpaired) electrons. The summed E-state index contributed by atoms with van der Waals surface area (Å²) in [6.07, 6.45) is 6.39. The first-order valence-corrected chi connectivity index (χ1v) is 7.11. The summed E-state index contributed by atoms with van der Waals surface area (Å²) in [7, 11) is 0. The second-order valence-corrected chi connectivity index (χ2v) is 5.47. The van der Waals surface area contributed by atoms with Crippen molar-refractivity contribution in [3.05, 3.63) is 34.9 Å². The Morgan fingerprint density at radius 2 is 2.06 bits per heavy atom. The van der Waals surface area contributed by atoms with Gasteiger partial charge in [-0.1, -0.05) is 32.0 Å². The van der Waals surface area contributed by atoms with Crippen LogP contribution in [-0.4, -0.2) is 13.1 Å². The van der Waals surface area contributed by atoms with E-state index in [9.17, 15) is 0 Å². The van der Waals surface area contributed by atoms with Gasteiger partial charge in [0.15, 0.2) is 0 Å². The van der Waals surface area contributed by atoms with E-state index in [0.29, 0.717) is 0 Å². The van der Waals surface area contributed by atoms with E-state index in [2.05, 4.69) is 37.4 Å². The molecular weight excluding hydrogens is 206 g/mol. The highest BCUT2D eigenvalue weighted by molar-refractivity contribution is 5.35. The first-order chi connectivity index (χ1) is 8.29. The van der Waals surface area contributed by atoms with Crippen LogP contribution >= 0.6 is 0 Å². The molecule has 0 amide bonds. The molecule has 1 aromatic rings. The van der Waals surface area contributed by atoms with Crippen LogP contribution in [0.3, 0.4) is 0 Å². The van der Waals surface area contributed by atoms with Gasteiger partial charge in [0.1, 0.15) is 0 Å². The lowest BCUT2D eigenvalue weighted by Crippen LogP contribution is -2.23. The molecule has 0 bridgehead atoms. The van der Waals surface area contributed by atoms with Crippen LogP contribution in [0.2, 0.25) is 0 Å². The highest BCUT2D eigenvalue weighted by Gasteiger charge is 2.11. The highest BCUT2D eigenvalue weighted by atomic mass is 14.8. The van der Waals surface area contributed by atoms with Crippen LogP contribution < -0.4 is 5.32 Å². The number of benzene rings is 1. The van der Waals surface area contributed by atoms with Crippen molar-refractivity contribution in [3.63, 3.8) is 0 Å². The summed E-state index contributed by atoms with van der Waals surface area (Å²) < 4.78 is 0. The van der Waals surface area contributed by atoms with Crippen molar-refractivity contribution < 1.29 is 0 Å². The zero-order chi connectivity index (χ0) is 12.1. The van der Waals surface area contributed by atoms with Gasteiger partial charge in [-0.25, -0.2) is 0 Å². The zero-order valence-corrected chi connectivity index (χ0v) is 11.3. The molecule has 0 saturated heterocycles. The first kappa shape index (κ1) is 12.6. The summed E-state index contributed by atoms with van der Waals surface area (Å²) in [4.78, 5) is 0. The number of hydrogen-bond acceptors (Lipinski definition) is 1. The van der Waals surface area contributed by atoms with Gasteiger partial charge in [0.05, 0.1) is 0 Å². The summed E-state index contributed by atoms with van der Waals surface area (Å²) in [5.74, 6) is 0.737. The van der Waals surface area contributed by atoms with E-state index in [0.717, 1.165) is 19.0 Å². The molecular formula is C16H25N. The van der Waals surface area contributed by atoms with Gasteiger partial charge in [-0.2, -0.15) is 0 Å². The van der Waals surface area contributed by atoms with Crippen LogP contribution in [0.4, 0.5) is 0 Å². The molecule has 0 aromatic heterocycles. The smallest absolute Gasteiger partial charge is 0.00200 e. The molecule has 1 aliphatic carbocycles. The number of nitrogens with one attached hydrogen (secondary N) is 1. The van der Waals surface area contributed by atoms with E-state index in [4.69, 9.17) is 0 Å². The molecule has 17 heavy (non-hydrogen) atoms. The van der Waals surface area contributed by atoms with E-state index < -0.39 is 0 Å². The molecule has 1 heteroatoms. The van der Waals surface area contributed by atoms with Gasteiger partial charge in [-0.05, 0) is 67.8 Å². The molecule has 1 atom stereocenters. The minimum absolute atomic E-state index is 0.737. The Kier molecular flexibility index (Phi) is 4.61. The van der Waals surface area contributed by atoms with Gasteiger partial charge in [0.25, 0.3) is 0 Å². The normalized spacial score (nSPS) is 15.9. The predicted molar refractivity (Wildman–Crippen MR) is 74.5 cm³/mol. The van der Waals surface area contributed by atoms with Crippen LogP contribution in [0.1, 0.15) is 43.4 Å².